The summed E-state index contributed by atoms with van der Waals surface area (Å²) in [5.74, 6) is -1.68. The van der Waals surface area contributed by atoms with Crippen LogP contribution in [0, 0.1) is 0 Å². The molecular weight excluding hydrogens is 378 g/mol. The van der Waals surface area contributed by atoms with Crippen LogP contribution in [-0.2, 0) is 27.1 Å². The van der Waals surface area contributed by atoms with Crippen LogP contribution in [0.3, 0.4) is 0 Å². The van der Waals surface area contributed by atoms with Crippen molar-refractivity contribution in [1.29, 1.82) is 0 Å². The molecule has 10 heteroatoms. The molecule has 26 heavy (non-hydrogen) atoms. The lowest BCUT2D eigenvalue weighted by Gasteiger charge is -2.06. The summed E-state index contributed by atoms with van der Waals surface area (Å²) in [6.07, 6.45) is 1.27. The van der Waals surface area contributed by atoms with Crippen molar-refractivity contribution in [3.8, 4) is 0 Å². The summed E-state index contributed by atoms with van der Waals surface area (Å²) >= 11 is 2.22. The minimum Gasteiger partial charge on any atom is -0.462 e. The van der Waals surface area contributed by atoms with Gasteiger partial charge in [-0.05, 0) is 37.4 Å². The molecule has 0 spiro atoms. The van der Waals surface area contributed by atoms with Crippen LogP contribution in [0.15, 0.2) is 6.07 Å². The number of nitrogens with zero attached hydrogens (tertiary/aromatic N) is 2. The minimum absolute atomic E-state index is 0.240. The lowest BCUT2D eigenvalue weighted by Crippen LogP contribution is -2.21. The van der Waals surface area contributed by atoms with Crippen molar-refractivity contribution >= 4 is 45.7 Å². The number of aromatic nitrogens is 2. The maximum Gasteiger partial charge on any atom is 0.352 e. The number of aryl methyl sites for hydroxylation is 2. The largest absolute Gasteiger partial charge is 0.462 e. The van der Waals surface area contributed by atoms with E-state index in [1.54, 1.807) is 13.0 Å². The lowest BCUT2D eigenvalue weighted by atomic mass is 10.2. The van der Waals surface area contributed by atoms with Gasteiger partial charge in [0.25, 0.3) is 5.91 Å². The molecule has 2 aromatic heterocycles. The van der Waals surface area contributed by atoms with E-state index in [0.717, 1.165) is 22.8 Å². The van der Waals surface area contributed by atoms with Gasteiger partial charge >= 0.3 is 11.9 Å². The second-order valence-corrected chi connectivity index (χ2v) is 6.95. The van der Waals surface area contributed by atoms with E-state index in [2.05, 4.69) is 14.9 Å². The molecule has 140 valence electrons. The van der Waals surface area contributed by atoms with Gasteiger partial charge in [0, 0.05) is 4.88 Å². The van der Waals surface area contributed by atoms with E-state index >= 15 is 0 Å². The van der Waals surface area contributed by atoms with Crippen molar-refractivity contribution in [3.05, 3.63) is 27.1 Å². The van der Waals surface area contributed by atoms with Crippen LogP contribution in [-0.4, -0.2) is 40.6 Å². The Balaban J connectivity index is 2.00. The second kappa shape index (κ2) is 9.39. The molecule has 0 aliphatic rings. The number of thiophene rings is 1. The van der Waals surface area contributed by atoms with Crippen LogP contribution in [0.5, 0.6) is 0 Å². The first-order valence-electron chi connectivity index (χ1n) is 8.08. The van der Waals surface area contributed by atoms with Crippen molar-refractivity contribution in [1.82, 2.24) is 9.59 Å². The molecule has 2 rings (SSSR count). The normalized spacial score (nSPS) is 10.4. The lowest BCUT2D eigenvalue weighted by molar-refractivity contribution is -0.119. The number of carbonyl (C=O) groups excluding carboxylic acids is 3. The maximum atomic E-state index is 12.1. The summed E-state index contributed by atoms with van der Waals surface area (Å²) in [6, 6.07) is 1.70. The molecule has 0 unspecified atom stereocenters. The van der Waals surface area contributed by atoms with Crippen molar-refractivity contribution in [2.45, 2.75) is 33.6 Å². The highest BCUT2D eigenvalue weighted by atomic mass is 32.1. The molecule has 0 fully saturated rings. The number of anilines is 1. The number of hydrogen-bond donors (Lipinski definition) is 1. The monoisotopic (exact) mass is 397 g/mol. The molecule has 0 aromatic carbocycles. The SMILES string of the molecule is CCOC(=O)c1cc(CC)sc1NC(=O)COC(=O)c1snnc1CC. The van der Waals surface area contributed by atoms with Crippen molar-refractivity contribution < 1.29 is 23.9 Å². The van der Waals surface area contributed by atoms with Gasteiger partial charge in [0.2, 0.25) is 0 Å². The van der Waals surface area contributed by atoms with Gasteiger partial charge in [0.05, 0.1) is 17.9 Å². The van der Waals surface area contributed by atoms with Crippen molar-refractivity contribution in [3.63, 3.8) is 0 Å². The zero-order valence-electron chi connectivity index (χ0n) is 14.7. The fourth-order valence-electron chi connectivity index (χ4n) is 2.02. The van der Waals surface area contributed by atoms with E-state index in [1.165, 1.54) is 11.3 Å². The van der Waals surface area contributed by atoms with Crippen LogP contribution < -0.4 is 5.32 Å². The predicted octanol–water partition coefficient (Wildman–Crippen LogP) is 2.70. The van der Waals surface area contributed by atoms with E-state index in [-0.39, 0.29) is 11.5 Å². The summed E-state index contributed by atoms with van der Waals surface area (Å²) in [5, 5.41) is 6.82. The van der Waals surface area contributed by atoms with E-state index in [4.69, 9.17) is 9.47 Å². The standard InChI is InChI=1S/C16H19N3O5S2/c1-4-9-7-10(15(21)23-6-3)14(25-9)17-12(20)8-24-16(22)13-11(5-2)18-19-26-13/h7H,4-6,8H2,1-3H3,(H,17,20). The molecule has 2 heterocycles. The molecule has 8 nitrogen and oxygen atoms in total. The van der Waals surface area contributed by atoms with E-state index in [0.29, 0.717) is 22.7 Å². The first-order chi connectivity index (χ1) is 12.5. The molecule has 0 saturated heterocycles. The third-order valence-electron chi connectivity index (χ3n) is 3.29. The van der Waals surface area contributed by atoms with Gasteiger partial charge < -0.3 is 14.8 Å². The summed E-state index contributed by atoms with van der Waals surface area (Å²) in [5.41, 5.74) is 0.837. The Labute approximate surface area is 158 Å². The topological polar surface area (TPSA) is 107 Å². The Kier molecular flexibility index (Phi) is 7.22. The first-order valence-corrected chi connectivity index (χ1v) is 9.67. The summed E-state index contributed by atoms with van der Waals surface area (Å²) in [4.78, 5) is 37.3. The number of ether oxygens (including phenoxy) is 2. The van der Waals surface area contributed by atoms with E-state index < -0.39 is 24.5 Å². The fraction of sp³-hybridized carbons (Fsp3) is 0.438. The maximum absolute atomic E-state index is 12.1. The number of hydrogen-bond acceptors (Lipinski definition) is 9. The van der Waals surface area contributed by atoms with E-state index in [9.17, 15) is 14.4 Å². The smallest absolute Gasteiger partial charge is 0.352 e. The Morgan fingerprint density at radius 3 is 2.54 bits per heavy atom. The number of nitrogens with one attached hydrogen (secondary N) is 1. The van der Waals surface area contributed by atoms with Gasteiger partial charge in [-0.3, -0.25) is 4.79 Å². The van der Waals surface area contributed by atoms with Gasteiger partial charge in [0.1, 0.15) is 5.00 Å². The van der Waals surface area contributed by atoms with Gasteiger partial charge in [-0.15, -0.1) is 16.4 Å². The van der Waals surface area contributed by atoms with Gasteiger partial charge in [0.15, 0.2) is 11.5 Å². The molecule has 0 aliphatic heterocycles. The second-order valence-electron chi connectivity index (χ2n) is 5.06. The molecular formula is C16H19N3O5S2. The number of esters is 2. The summed E-state index contributed by atoms with van der Waals surface area (Å²) in [6.45, 7) is 5.27. The molecule has 2 aromatic rings. The van der Waals surface area contributed by atoms with Gasteiger partial charge in [-0.25, -0.2) is 9.59 Å². The predicted molar refractivity (Wildman–Crippen MR) is 97.9 cm³/mol. The van der Waals surface area contributed by atoms with Crippen molar-refractivity contribution in [2.24, 2.45) is 0 Å². The third-order valence-corrected chi connectivity index (χ3v) is 5.23. The van der Waals surface area contributed by atoms with E-state index in [1.807, 2.05) is 13.8 Å². The molecule has 1 N–H and O–H groups in total. The van der Waals surface area contributed by atoms with Gasteiger partial charge in [-0.2, -0.15) is 0 Å². The van der Waals surface area contributed by atoms with Crippen molar-refractivity contribution in [2.75, 3.05) is 18.5 Å². The molecule has 0 atom stereocenters. The highest BCUT2D eigenvalue weighted by Crippen LogP contribution is 2.29. The summed E-state index contributed by atoms with van der Waals surface area (Å²) < 4.78 is 13.7. The van der Waals surface area contributed by atoms with Crippen LogP contribution in [0.1, 0.15) is 51.4 Å². The third kappa shape index (κ3) is 4.85. The highest BCUT2D eigenvalue weighted by Gasteiger charge is 2.21. The van der Waals surface area contributed by atoms with Crippen LogP contribution in [0.2, 0.25) is 0 Å². The van der Waals surface area contributed by atoms with Crippen LogP contribution in [0.25, 0.3) is 0 Å². The Morgan fingerprint density at radius 2 is 1.88 bits per heavy atom. The average Bonchev–Trinajstić information content (AvgIpc) is 3.26. The molecule has 1 amide bonds. The Morgan fingerprint density at radius 1 is 1.12 bits per heavy atom. The Hall–Kier alpha value is -2.33. The average molecular weight is 397 g/mol. The molecule has 0 bridgehead atoms. The quantitative estimate of drug-likeness (QED) is 0.682. The van der Waals surface area contributed by atoms with Gasteiger partial charge in [-0.1, -0.05) is 18.3 Å². The molecule has 0 saturated carbocycles. The molecule has 0 aliphatic carbocycles. The number of rotatable bonds is 8. The first kappa shape index (κ1) is 20.0. The minimum atomic E-state index is -0.641. The zero-order chi connectivity index (χ0) is 19.1. The number of amides is 1. The van der Waals surface area contributed by atoms with Crippen LogP contribution >= 0.6 is 22.9 Å². The Bertz CT molecular complexity index is 800. The number of carbonyl (C=O) groups is 3. The molecule has 0 radical (unpaired) electrons. The van der Waals surface area contributed by atoms with Crippen LogP contribution in [0.4, 0.5) is 5.00 Å². The fourth-order valence-corrected chi connectivity index (χ4v) is 3.67. The zero-order valence-corrected chi connectivity index (χ0v) is 16.3. The summed E-state index contributed by atoms with van der Waals surface area (Å²) in [7, 11) is 0. The highest BCUT2D eigenvalue weighted by molar-refractivity contribution is 7.16.